The van der Waals surface area contributed by atoms with Crippen molar-refractivity contribution in [3.05, 3.63) is 35.6 Å². The van der Waals surface area contributed by atoms with Gasteiger partial charge in [0.1, 0.15) is 8.64 Å². The second-order valence-corrected chi connectivity index (χ2v) is 7.68. The van der Waals surface area contributed by atoms with Gasteiger partial charge in [0.15, 0.2) is 15.3 Å². The van der Waals surface area contributed by atoms with Crippen LogP contribution < -0.4 is 10.6 Å². The summed E-state index contributed by atoms with van der Waals surface area (Å²) >= 11 is 0. The van der Waals surface area contributed by atoms with Gasteiger partial charge in [0.25, 0.3) is 0 Å². The van der Waals surface area contributed by atoms with E-state index in [0.717, 1.165) is 24.3 Å². The van der Waals surface area contributed by atoms with Crippen LogP contribution in [-0.4, -0.2) is 38.7 Å². The van der Waals surface area contributed by atoms with Crippen LogP contribution in [0.5, 0.6) is 0 Å². The molecule has 1 heterocycles. The number of esters is 1. The maximum atomic E-state index is 13.6. The SMILES string of the molecule is [2H]N1C([2H])(c2ccc(F)cc2)C([2H])(C(=O)OCC)C([2H])(C(C)C)N([2H])C1([2H])S(C)(=O)=O. The Labute approximate surface area is 156 Å². The average molecular weight is 378 g/mol. The molecule has 0 bridgehead atoms. The molecule has 0 aromatic heterocycles. The van der Waals surface area contributed by atoms with E-state index in [4.69, 9.17) is 13.0 Å². The van der Waals surface area contributed by atoms with Crippen molar-refractivity contribution in [3.8, 4) is 0 Å². The first-order chi connectivity index (χ1) is 14.0. The number of ether oxygens (including phenoxy) is 1. The molecule has 0 saturated carbocycles. The Bertz CT molecular complexity index is 970. The van der Waals surface area contributed by atoms with Crippen LogP contribution in [-0.2, 0) is 19.4 Å². The fraction of sp³-hybridized carbons (Fsp3) is 0.588. The van der Waals surface area contributed by atoms with Crippen LogP contribution in [0.1, 0.15) is 37.8 Å². The van der Waals surface area contributed by atoms with E-state index >= 15 is 0 Å². The Morgan fingerprint density at radius 2 is 1.96 bits per heavy atom. The number of halogens is 1. The Kier molecular flexibility index (Phi) is 3.99. The van der Waals surface area contributed by atoms with Crippen molar-refractivity contribution in [2.75, 3.05) is 12.9 Å². The summed E-state index contributed by atoms with van der Waals surface area (Å²) in [4.78, 5) is 13.1. The number of hydrogen-bond donors (Lipinski definition) is 2. The molecular weight excluding hydrogens is 347 g/mol. The molecule has 8 heteroatoms. The summed E-state index contributed by atoms with van der Waals surface area (Å²) in [6.07, 6.45) is 0.552. The Morgan fingerprint density at radius 1 is 1.36 bits per heavy atom. The first-order valence-corrected chi connectivity index (χ1v) is 9.59. The normalized spacial score (nSPS) is 44.1. The first-order valence-electron chi connectivity index (χ1n) is 10.6. The molecule has 1 fully saturated rings. The fourth-order valence-corrected chi connectivity index (χ4v) is 2.78. The van der Waals surface area contributed by atoms with E-state index in [1.54, 1.807) is 0 Å². The van der Waals surface area contributed by atoms with Gasteiger partial charge in [0.05, 0.1) is 15.2 Å². The topological polar surface area (TPSA) is 84.5 Å². The predicted molar refractivity (Wildman–Crippen MR) is 92.8 cm³/mol. The zero-order valence-electron chi connectivity index (χ0n) is 20.4. The van der Waals surface area contributed by atoms with Crippen molar-refractivity contribution in [1.29, 1.82) is 0 Å². The molecule has 6 nitrogen and oxygen atoms in total. The van der Waals surface area contributed by atoms with Gasteiger partial charge in [-0.3, -0.25) is 15.4 Å². The summed E-state index contributed by atoms with van der Waals surface area (Å²) < 4.78 is 96.2. The van der Waals surface area contributed by atoms with E-state index < -0.39 is 56.5 Å². The van der Waals surface area contributed by atoms with Crippen molar-refractivity contribution in [2.24, 2.45) is 11.8 Å². The van der Waals surface area contributed by atoms with Gasteiger partial charge < -0.3 is 4.74 Å². The summed E-state index contributed by atoms with van der Waals surface area (Å²) in [6.45, 7) is 3.80. The van der Waals surface area contributed by atoms with Crippen molar-refractivity contribution >= 4 is 15.8 Å². The molecule has 140 valence electrons. The van der Waals surface area contributed by atoms with Gasteiger partial charge in [-0.25, -0.2) is 12.8 Å². The van der Waals surface area contributed by atoms with E-state index in [1.165, 1.54) is 20.8 Å². The van der Waals surface area contributed by atoms with Crippen LogP contribution in [0.15, 0.2) is 24.3 Å². The van der Waals surface area contributed by atoms with Gasteiger partial charge in [-0.15, -0.1) is 0 Å². The number of nitrogens with one attached hydrogen (secondary N) is 2. The van der Waals surface area contributed by atoms with E-state index in [0.29, 0.717) is 6.26 Å². The maximum absolute atomic E-state index is 13.6. The molecule has 0 radical (unpaired) electrons. The number of rotatable bonds is 5. The summed E-state index contributed by atoms with van der Waals surface area (Å²) in [5, 5.41) is -0.304. The summed E-state index contributed by atoms with van der Waals surface area (Å²) in [6, 6.07) is -2.21. The summed E-state index contributed by atoms with van der Waals surface area (Å²) in [5.41, 5.74) is -3.75. The van der Waals surface area contributed by atoms with Crippen molar-refractivity contribution < 1.29 is 30.6 Å². The van der Waals surface area contributed by atoms with Gasteiger partial charge in [-0.05, 0) is 30.5 Å². The minimum Gasteiger partial charge on any atom is -0.466 e. The molecule has 1 aromatic rings. The highest BCUT2D eigenvalue weighted by Crippen LogP contribution is 2.33. The fourth-order valence-electron chi connectivity index (χ4n) is 2.26. The van der Waals surface area contributed by atoms with E-state index in [1.807, 2.05) is 0 Å². The minimum absolute atomic E-state index is 0.118. The lowest BCUT2D eigenvalue weighted by atomic mass is 9.80. The monoisotopic (exact) mass is 378 g/mol. The van der Waals surface area contributed by atoms with Gasteiger partial charge in [-0.1, -0.05) is 26.0 Å². The molecule has 1 aliphatic rings. The third-order valence-electron chi connectivity index (χ3n) is 3.39. The lowest BCUT2D eigenvalue weighted by molar-refractivity contribution is -0.152. The Balaban J connectivity index is 3.09. The molecule has 0 aliphatic carbocycles. The van der Waals surface area contributed by atoms with Crippen LogP contribution in [0.4, 0.5) is 4.39 Å². The standard InChI is InChI=1S/C17H25FN2O4S/c1-5-24-16(21)13-14(10(2)3)19-17(25(4,22)23)20-15(13)11-6-8-12(18)9-7-11/h6-10,13-15,17,19-20H,5H2,1-4H3/i13D,14D,15D,17D/hD2. The molecule has 4 atom stereocenters. The average Bonchev–Trinajstić information content (AvgIpc) is 2.68. The summed E-state index contributed by atoms with van der Waals surface area (Å²) in [7, 11) is -4.71. The molecule has 25 heavy (non-hydrogen) atoms. The molecule has 4 unspecified atom stereocenters. The highest BCUT2D eigenvalue weighted by molar-refractivity contribution is 7.91. The number of benzene rings is 1. The molecular formula is C17H25FN2O4S. The van der Waals surface area contributed by atoms with E-state index in [-0.39, 0.29) is 17.2 Å². The molecule has 2 N–H and O–H groups in total. The molecule has 0 amide bonds. The highest BCUT2D eigenvalue weighted by Gasteiger charge is 2.46. The van der Waals surface area contributed by atoms with Crippen LogP contribution >= 0.6 is 0 Å². The van der Waals surface area contributed by atoms with Gasteiger partial charge in [-0.2, -0.15) is 0 Å². The molecule has 2 rings (SSSR count). The van der Waals surface area contributed by atoms with E-state index in [9.17, 15) is 17.6 Å². The quantitative estimate of drug-likeness (QED) is 0.757. The van der Waals surface area contributed by atoms with Crippen LogP contribution in [0.25, 0.3) is 0 Å². The van der Waals surface area contributed by atoms with Crippen LogP contribution in [0.3, 0.4) is 0 Å². The second-order valence-electron chi connectivity index (χ2n) is 5.77. The van der Waals surface area contributed by atoms with Gasteiger partial charge in [0, 0.05) is 21.0 Å². The highest BCUT2D eigenvalue weighted by atomic mass is 32.2. The number of sulfone groups is 1. The smallest absolute Gasteiger partial charge is 0.312 e. The second kappa shape index (κ2) is 7.80. The lowest BCUT2D eigenvalue weighted by Crippen LogP contribution is -2.65. The zero-order valence-corrected chi connectivity index (χ0v) is 15.2. The van der Waals surface area contributed by atoms with Crippen molar-refractivity contribution in [3.63, 3.8) is 0 Å². The van der Waals surface area contributed by atoms with Crippen LogP contribution in [0, 0.1) is 17.6 Å². The number of carbonyl (C=O) groups is 1. The van der Waals surface area contributed by atoms with Crippen LogP contribution in [0.2, 0.25) is 2.82 Å². The number of carbonyl (C=O) groups excluding carboxylic acids is 1. The third-order valence-corrected chi connectivity index (χ3v) is 4.24. The number of hydrogen-bond acceptors (Lipinski definition) is 6. The lowest BCUT2D eigenvalue weighted by Gasteiger charge is -2.43. The molecule has 1 aromatic carbocycles. The Morgan fingerprint density at radius 3 is 2.44 bits per heavy atom. The summed E-state index contributed by atoms with van der Waals surface area (Å²) in [5.74, 6) is -6.48. The van der Waals surface area contributed by atoms with Crippen molar-refractivity contribution in [1.82, 2.24) is 10.6 Å². The largest absolute Gasteiger partial charge is 0.466 e. The van der Waals surface area contributed by atoms with Crippen molar-refractivity contribution in [2.45, 2.75) is 38.3 Å². The maximum Gasteiger partial charge on any atom is 0.312 e. The van der Waals surface area contributed by atoms with Gasteiger partial charge in [0.2, 0.25) is 0 Å². The van der Waals surface area contributed by atoms with Gasteiger partial charge >= 0.3 is 5.97 Å². The minimum atomic E-state index is -4.71. The first kappa shape index (κ1) is 12.8. The molecule has 1 saturated heterocycles. The van der Waals surface area contributed by atoms with E-state index in [2.05, 4.69) is 0 Å². The Hall–Kier alpha value is -1.51. The zero-order chi connectivity index (χ0) is 24.2. The predicted octanol–water partition coefficient (Wildman–Crippen LogP) is 1.59. The third kappa shape index (κ3) is 4.56. The molecule has 0 spiro atoms. The molecule has 1 aliphatic heterocycles.